The largest absolute Gasteiger partial charge is 0.293 e. The highest BCUT2D eigenvalue weighted by molar-refractivity contribution is 7.27. The summed E-state index contributed by atoms with van der Waals surface area (Å²) in [5, 5.41) is 2.07. The summed E-state index contributed by atoms with van der Waals surface area (Å²) in [5.41, 5.74) is 3.57. The molecule has 2 aromatic heterocycles. The number of hydrogen-bond acceptors (Lipinski definition) is 3. The summed E-state index contributed by atoms with van der Waals surface area (Å²) < 4.78 is 2.43. The molecule has 0 spiro atoms. The Morgan fingerprint density at radius 2 is 1.84 bits per heavy atom. The summed E-state index contributed by atoms with van der Waals surface area (Å²) in [6.07, 6.45) is 0.506. The van der Waals surface area contributed by atoms with Crippen LogP contribution < -0.4 is 0 Å². The van der Waals surface area contributed by atoms with E-state index >= 15 is 0 Å². The molecule has 96 valence electrons. The van der Waals surface area contributed by atoms with Gasteiger partial charge in [0.1, 0.15) is 0 Å². The number of ketones is 1. The maximum absolute atomic E-state index is 12.4. The minimum atomic E-state index is 0.228. The lowest BCUT2D eigenvalue weighted by atomic mass is 9.98. The second-order valence-corrected chi connectivity index (χ2v) is 6.76. The van der Waals surface area contributed by atoms with Crippen LogP contribution in [0.2, 0.25) is 0 Å². The molecule has 3 aromatic rings. The fourth-order valence-corrected chi connectivity index (χ4v) is 4.32. The maximum Gasteiger partial charge on any atom is 0.177 e. The SMILES string of the molecule is Cc1cccc(C)c1CC(=O)c1cc2sccc2s1. The van der Waals surface area contributed by atoms with Crippen molar-refractivity contribution in [1.82, 2.24) is 0 Å². The van der Waals surface area contributed by atoms with Crippen molar-refractivity contribution in [2.24, 2.45) is 0 Å². The first kappa shape index (κ1) is 12.6. The van der Waals surface area contributed by atoms with Crippen molar-refractivity contribution in [1.29, 1.82) is 0 Å². The Kier molecular flexibility index (Phi) is 3.25. The molecule has 2 heterocycles. The van der Waals surface area contributed by atoms with E-state index in [4.69, 9.17) is 0 Å². The van der Waals surface area contributed by atoms with Gasteiger partial charge in [-0.05, 0) is 48.1 Å². The molecule has 0 saturated carbocycles. The van der Waals surface area contributed by atoms with Crippen LogP contribution in [0.25, 0.3) is 9.40 Å². The van der Waals surface area contributed by atoms with Crippen molar-refractivity contribution < 1.29 is 4.79 Å². The number of rotatable bonds is 3. The predicted octanol–water partition coefficient (Wildman–Crippen LogP) is 5.01. The first-order valence-corrected chi connectivity index (χ1v) is 7.90. The van der Waals surface area contributed by atoms with Crippen LogP contribution in [0, 0.1) is 13.8 Å². The summed E-state index contributed by atoms with van der Waals surface area (Å²) >= 11 is 3.30. The van der Waals surface area contributed by atoms with Gasteiger partial charge < -0.3 is 0 Å². The second kappa shape index (κ2) is 4.91. The van der Waals surface area contributed by atoms with Crippen molar-refractivity contribution in [3.8, 4) is 0 Å². The molecule has 0 saturated heterocycles. The second-order valence-electron chi connectivity index (χ2n) is 4.73. The van der Waals surface area contributed by atoms with E-state index in [9.17, 15) is 4.79 Å². The van der Waals surface area contributed by atoms with Crippen LogP contribution in [0.15, 0.2) is 35.7 Å². The Labute approximate surface area is 120 Å². The monoisotopic (exact) mass is 286 g/mol. The Morgan fingerprint density at radius 3 is 2.53 bits per heavy atom. The fraction of sp³-hybridized carbons (Fsp3) is 0.188. The molecule has 0 radical (unpaired) electrons. The first-order chi connectivity index (χ1) is 9.15. The molecule has 3 heteroatoms. The fourth-order valence-electron chi connectivity index (χ4n) is 2.28. The van der Waals surface area contributed by atoms with E-state index in [1.165, 1.54) is 26.1 Å². The zero-order valence-corrected chi connectivity index (χ0v) is 12.5. The minimum Gasteiger partial charge on any atom is -0.293 e. The number of thiophene rings is 2. The molecule has 1 nitrogen and oxygen atoms in total. The molecule has 0 unspecified atom stereocenters. The number of benzene rings is 1. The molecule has 0 bridgehead atoms. The van der Waals surface area contributed by atoms with E-state index < -0.39 is 0 Å². The van der Waals surface area contributed by atoms with Gasteiger partial charge in [-0.1, -0.05) is 18.2 Å². The maximum atomic E-state index is 12.4. The minimum absolute atomic E-state index is 0.228. The molecule has 0 fully saturated rings. The number of Topliss-reactive ketones (excluding diaryl/α,β-unsaturated/α-hetero) is 1. The predicted molar refractivity (Wildman–Crippen MR) is 83.7 cm³/mol. The third-order valence-electron chi connectivity index (χ3n) is 3.40. The lowest BCUT2D eigenvalue weighted by Gasteiger charge is -2.07. The Bertz CT molecular complexity index is 700. The number of fused-ring (bicyclic) bond motifs is 1. The van der Waals surface area contributed by atoms with E-state index in [0.717, 1.165) is 4.88 Å². The van der Waals surface area contributed by atoms with Gasteiger partial charge in [0.2, 0.25) is 0 Å². The van der Waals surface area contributed by atoms with Gasteiger partial charge in [0.05, 0.1) is 4.88 Å². The topological polar surface area (TPSA) is 17.1 Å². The van der Waals surface area contributed by atoms with Crippen molar-refractivity contribution in [2.75, 3.05) is 0 Å². The van der Waals surface area contributed by atoms with E-state index in [1.54, 1.807) is 22.7 Å². The number of carbonyl (C=O) groups excluding carboxylic acids is 1. The quantitative estimate of drug-likeness (QED) is 0.619. The molecule has 0 aliphatic rings. The third-order valence-corrected chi connectivity index (χ3v) is 5.53. The van der Waals surface area contributed by atoms with Crippen molar-refractivity contribution >= 4 is 37.9 Å². The molecule has 3 rings (SSSR count). The molecular formula is C16H14OS2. The van der Waals surface area contributed by atoms with Crippen LogP contribution in [-0.2, 0) is 6.42 Å². The molecule has 0 aliphatic heterocycles. The average Bonchev–Trinajstić information content (AvgIpc) is 2.94. The molecule has 0 aliphatic carbocycles. The van der Waals surface area contributed by atoms with E-state index in [-0.39, 0.29) is 5.78 Å². The molecule has 0 atom stereocenters. The van der Waals surface area contributed by atoms with Gasteiger partial charge in [0, 0.05) is 15.8 Å². The van der Waals surface area contributed by atoms with Crippen molar-refractivity contribution in [3.63, 3.8) is 0 Å². The standard InChI is InChI=1S/C16H14OS2/c1-10-4-3-5-11(2)12(10)8-13(17)15-9-16-14(19-15)6-7-18-16/h3-7,9H,8H2,1-2H3. The number of aryl methyl sites for hydroxylation is 2. The summed E-state index contributed by atoms with van der Waals surface area (Å²) in [4.78, 5) is 13.3. The Hall–Kier alpha value is -1.45. The average molecular weight is 286 g/mol. The molecular weight excluding hydrogens is 272 g/mol. The van der Waals surface area contributed by atoms with Crippen LogP contribution in [-0.4, -0.2) is 5.78 Å². The number of carbonyl (C=O) groups is 1. The van der Waals surface area contributed by atoms with Crippen LogP contribution in [0.3, 0.4) is 0 Å². The molecule has 19 heavy (non-hydrogen) atoms. The van der Waals surface area contributed by atoms with Crippen molar-refractivity contribution in [2.45, 2.75) is 20.3 Å². The van der Waals surface area contributed by atoms with E-state index in [0.29, 0.717) is 6.42 Å². The van der Waals surface area contributed by atoms with Gasteiger partial charge in [-0.3, -0.25) is 4.79 Å². The highest BCUT2D eigenvalue weighted by Gasteiger charge is 2.14. The first-order valence-electron chi connectivity index (χ1n) is 6.20. The number of hydrogen-bond donors (Lipinski definition) is 0. The highest BCUT2D eigenvalue weighted by atomic mass is 32.1. The Morgan fingerprint density at radius 1 is 1.11 bits per heavy atom. The van der Waals surface area contributed by atoms with Gasteiger partial charge in [0.25, 0.3) is 0 Å². The van der Waals surface area contributed by atoms with Crippen LogP contribution in [0.1, 0.15) is 26.4 Å². The lowest BCUT2D eigenvalue weighted by Crippen LogP contribution is -2.04. The Balaban J connectivity index is 1.91. The van der Waals surface area contributed by atoms with Gasteiger partial charge in [-0.25, -0.2) is 0 Å². The third kappa shape index (κ3) is 2.36. The summed E-state index contributed by atoms with van der Waals surface area (Å²) in [5.74, 6) is 0.228. The van der Waals surface area contributed by atoms with Gasteiger partial charge in [-0.2, -0.15) is 0 Å². The summed E-state index contributed by atoms with van der Waals surface area (Å²) in [7, 11) is 0. The van der Waals surface area contributed by atoms with Crippen LogP contribution >= 0.6 is 22.7 Å². The lowest BCUT2D eigenvalue weighted by molar-refractivity contribution is 0.0996. The zero-order valence-electron chi connectivity index (χ0n) is 10.9. The molecule has 1 aromatic carbocycles. The zero-order chi connectivity index (χ0) is 13.4. The smallest absolute Gasteiger partial charge is 0.177 e. The van der Waals surface area contributed by atoms with Gasteiger partial charge in [-0.15, -0.1) is 22.7 Å². The highest BCUT2D eigenvalue weighted by Crippen LogP contribution is 2.31. The van der Waals surface area contributed by atoms with E-state index in [2.05, 4.69) is 37.4 Å². The van der Waals surface area contributed by atoms with Crippen molar-refractivity contribution in [3.05, 3.63) is 57.3 Å². The van der Waals surface area contributed by atoms with Gasteiger partial charge >= 0.3 is 0 Å². The van der Waals surface area contributed by atoms with Gasteiger partial charge in [0.15, 0.2) is 5.78 Å². The summed E-state index contributed by atoms with van der Waals surface area (Å²) in [6, 6.07) is 10.3. The normalized spacial score (nSPS) is 11.1. The van der Waals surface area contributed by atoms with E-state index in [1.807, 2.05) is 12.1 Å². The van der Waals surface area contributed by atoms with Crippen LogP contribution in [0.5, 0.6) is 0 Å². The summed E-state index contributed by atoms with van der Waals surface area (Å²) in [6.45, 7) is 4.14. The molecule has 0 N–H and O–H groups in total. The van der Waals surface area contributed by atoms with Crippen LogP contribution in [0.4, 0.5) is 0 Å². The molecule has 0 amide bonds.